The first-order chi connectivity index (χ1) is 26.3. The van der Waals surface area contributed by atoms with E-state index in [4.69, 9.17) is 4.74 Å². The highest BCUT2D eigenvalue weighted by molar-refractivity contribution is 6.15. The molecular formula is C50H38N2O. The molecule has 254 valence electrons. The summed E-state index contributed by atoms with van der Waals surface area (Å²) in [5.41, 5.74) is 10.6. The van der Waals surface area contributed by atoms with Crippen molar-refractivity contribution < 1.29 is 4.74 Å². The summed E-state index contributed by atoms with van der Waals surface area (Å²) in [4.78, 5) is 4.76. The van der Waals surface area contributed by atoms with Gasteiger partial charge in [0.2, 0.25) is 0 Å². The Morgan fingerprint density at radius 2 is 1.21 bits per heavy atom. The normalized spacial score (nSPS) is 17.1. The summed E-state index contributed by atoms with van der Waals surface area (Å²) in [6.45, 7) is 0. The van der Waals surface area contributed by atoms with E-state index in [2.05, 4.69) is 204 Å². The quantitative estimate of drug-likeness (QED) is 0.156. The summed E-state index contributed by atoms with van der Waals surface area (Å²) in [6, 6.07) is 56.8. The number of anilines is 6. The lowest BCUT2D eigenvalue weighted by molar-refractivity contribution is 0.268. The average molecular weight is 683 g/mol. The highest BCUT2D eigenvalue weighted by Crippen LogP contribution is 2.49. The second kappa shape index (κ2) is 13.2. The maximum absolute atomic E-state index is 6.62. The minimum Gasteiger partial charge on any atom is -0.485 e. The van der Waals surface area contributed by atoms with E-state index < -0.39 is 0 Å². The van der Waals surface area contributed by atoms with Crippen LogP contribution in [0.3, 0.4) is 0 Å². The van der Waals surface area contributed by atoms with Crippen molar-refractivity contribution in [3.05, 3.63) is 211 Å². The molecule has 7 aromatic rings. The predicted molar refractivity (Wildman–Crippen MR) is 222 cm³/mol. The molecule has 2 unspecified atom stereocenters. The molecule has 2 atom stereocenters. The zero-order valence-corrected chi connectivity index (χ0v) is 29.3. The summed E-state index contributed by atoms with van der Waals surface area (Å²) in [6.07, 6.45) is 15.8. The molecule has 0 amide bonds. The molecule has 0 fully saturated rings. The zero-order chi connectivity index (χ0) is 35.1. The number of nitrogens with zero attached hydrogens (tertiary/aromatic N) is 2. The van der Waals surface area contributed by atoms with Crippen LogP contribution in [0.5, 0.6) is 5.75 Å². The highest BCUT2D eigenvalue weighted by atomic mass is 16.5. The fourth-order valence-electron chi connectivity index (χ4n) is 8.29. The Kier molecular flexibility index (Phi) is 7.76. The Morgan fingerprint density at radius 1 is 0.547 bits per heavy atom. The van der Waals surface area contributed by atoms with Crippen molar-refractivity contribution in [1.82, 2.24) is 0 Å². The molecule has 2 aliphatic carbocycles. The molecule has 3 aliphatic rings. The van der Waals surface area contributed by atoms with Crippen LogP contribution < -0.4 is 14.5 Å². The molecule has 1 heterocycles. The van der Waals surface area contributed by atoms with Gasteiger partial charge in [-0.1, -0.05) is 115 Å². The second-order valence-corrected chi connectivity index (χ2v) is 14.0. The van der Waals surface area contributed by atoms with Crippen molar-refractivity contribution in [3.8, 4) is 5.75 Å². The number of benzene rings is 7. The maximum Gasteiger partial charge on any atom is 0.128 e. The number of para-hydroxylation sites is 3. The number of fused-ring (bicyclic) bond motifs is 6. The molecule has 0 bridgehead atoms. The van der Waals surface area contributed by atoms with Gasteiger partial charge in [0.05, 0.1) is 5.69 Å². The van der Waals surface area contributed by atoms with E-state index >= 15 is 0 Å². The second-order valence-electron chi connectivity index (χ2n) is 14.0. The number of ether oxygens (including phenoxy) is 1. The third-order valence-corrected chi connectivity index (χ3v) is 10.8. The molecule has 0 spiro atoms. The summed E-state index contributed by atoms with van der Waals surface area (Å²) >= 11 is 0. The van der Waals surface area contributed by atoms with E-state index in [1.165, 1.54) is 38.3 Å². The smallest absolute Gasteiger partial charge is 0.128 e. The van der Waals surface area contributed by atoms with Gasteiger partial charge >= 0.3 is 0 Å². The standard InChI is InChI=1S/C50H38N2O/c1-5-15-35(16-6-1)36-25-28-45-47-34-42(27-30-49(47)53-50(45)32-36)52(40-22-11-4-12-23-40)48-31-37-17-13-14-24-43(37)46-33-41(26-29-44(46)48)51(38-18-7-2-8-19-38)39-20-9-3-10-21-39/h1-5,7-15,17-34,45,50H,6,16H2. The van der Waals surface area contributed by atoms with Gasteiger partial charge in [-0.05, 0) is 119 Å². The van der Waals surface area contributed by atoms with Gasteiger partial charge in [-0.3, -0.25) is 0 Å². The number of hydrogen-bond donors (Lipinski definition) is 0. The third-order valence-electron chi connectivity index (χ3n) is 10.8. The van der Waals surface area contributed by atoms with Gasteiger partial charge in [-0.15, -0.1) is 0 Å². The molecule has 0 saturated carbocycles. The molecule has 10 rings (SSSR count). The lowest BCUT2D eigenvalue weighted by Crippen LogP contribution is -2.18. The van der Waals surface area contributed by atoms with Crippen molar-refractivity contribution >= 4 is 55.7 Å². The van der Waals surface area contributed by atoms with Crippen LogP contribution in [0.15, 0.2) is 205 Å². The fraction of sp³-hybridized carbons (Fsp3) is 0.0800. The van der Waals surface area contributed by atoms with Crippen molar-refractivity contribution in [2.45, 2.75) is 24.9 Å². The van der Waals surface area contributed by atoms with Gasteiger partial charge in [0.15, 0.2) is 0 Å². The zero-order valence-electron chi connectivity index (χ0n) is 29.3. The molecule has 0 aromatic heterocycles. The predicted octanol–water partition coefficient (Wildman–Crippen LogP) is 13.5. The minimum absolute atomic E-state index is 0.00525. The molecule has 3 nitrogen and oxygen atoms in total. The Morgan fingerprint density at radius 3 is 1.92 bits per heavy atom. The minimum atomic E-state index is -0.00525. The van der Waals surface area contributed by atoms with E-state index in [9.17, 15) is 0 Å². The van der Waals surface area contributed by atoms with Crippen LogP contribution in [-0.4, -0.2) is 6.10 Å². The first-order valence-corrected chi connectivity index (χ1v) is 18.6. The van der Waals surface area contributed by atoms with Crippen LogP contribution in [0.4, 0.5) is 34.1 Å². The third kappa shape index (κ3) is 5.62. The Bertz CT molecular complexity index is 2560. The van der Waals surface area contributed by atoms with E-state index in [1.807, 2.05) is 0 Å². The number of allylic oxidation sites excluding steroid dienone is 6. The Hall–Kier alpha value is -6.58. The maximum atomic E-state index is 6.62. The van der Waals surface area contributed by atoms with E-state index in [1.54, 1.807) is 0 Å². The molecule has 0 saturated heterocycles. The lowest BCUT2D eigenvalue weighted by atomic mass is 9.85. The summed E-state index contributed by atoms with van der Waals surface area (Å²) in [7, 11) is 0. The van der Waals surface area contributed by atoms with Crippen molar-refractivity contribution in [2.75, 3.05) is 9.80 Å². The first kappa shape index (κ1) is 31.2. The monoisotopic (exact) mass is 682 g/mol. The van der Waals surface area contributed by atoms with Crippen LogP contribution in [0.1, 0.15) is 24.3 Å². The first-order valence-electron chi connectivity index (χ1n) is 18.6. The van der Waals surface area contributed by atoms with Gasteiger partial charge < -0.3 is 14.5 Å². The van der Waals surface area contributed by atoms with Crippen LogP contribution in [0.25, 0.3) is 21.5 Å². The van der Waals surface area contributed by atoms with Gasteiger partial charge in [-0.2, -0.15) is 0 Å². The number of rotatable bonds is 7. The topological polar surface area (TPSA) is 15.7 Å². The van der Waals surface area contributed by atoms with Crippen molar-refractivity contribution in [3.63, 3.8) is 0 Å². The van der Waals surface area contributed by atoms with E-state index in [0.29, 0.717) is 0 Å². The van der Waals surface area contributed by atoms with Gasteiger partial charge in [0, 0.05) is 45.3 Å². The van der Waals surface area contributed by atoms with Crippen LogP contribution in [0, 0.1) is 0 Å². The highest BCUT2D eigenvalue weighted by Gasteiger charge is 2.34. The molecular weight excluding hydrogens is 645 g/mol. The van der Waals surface area contributed by atoms with Crippen LogP contribution in [0.2, 0.25) is 0 Å². The lowest BCUT2D eigenvalue weighted by Gasteiger charge is -2.29. The van der Waals surface area contributed by atoms with Crippen molar-refractivity contribution in [1.29, 1.82) is 0 Å². The summed E-state index contributed by atoms with van der Waals surface area (Å²) in [5, 5.41) is 4.82. The number of hydrogen-bond acceptors (Lipinski definition) is 3. The summed E-state index contributed by atoms with van der Waals surface area (Å²) < 4.78 is 6.62. The van der Waals surface area contributed by atoms with Gasteiger partial charge in [-0.25, -0.2) is 0 Å². The molecule has 0 radical (unpaired) electrons. The molecule has 0 N–H and O–H groups in total. The van der Waals surface area contributed by atoms with E-state index in [-0.39, 0.29) is 12.0 Å². The Balaban J connectivity index is 1.13. The van der Waals surface area contributed by atoms with Gasteiger partial charge in [0.25, 0.3) is 0 Å². The molecule has 3 heteroatoms. The van der Waals surface area contributed by atoms with Crippen molar-refractivity contribution in [2.24, 2.45) is 0 Å². The average Bonchev–Trinajstić information content (AvgIpc) is 3.60. The van der Waals surface area contributed by atoms with Gasteiger partial charge in [0.1, 0.15) is 11.9 Å². The SMILES string of the molecule is C1=CCCC(C2=CC3Oc4ccc(N(c5ccccc5)c5cc6ccccc6c6cc(N(c7ccccc7)c7ccccc7)ccc56)cc4C3C=C2)=C1. The summed E-state index contributed by atoms with van der Waals surface area (Å²) in [5.74, 6) is 1.13. The Labute approximate surface area is 310 Å². The molecule has 53 heavy (non-hydrogen) atoms. The molecule has 1 aliphatic heterocycles. The van der Waals surface area contributed by atoms with Crippen LogP contribution in [-0.2, 0) is 0 Å². The largest absolute Gasteiger partial charge is 0.485 e. The molecule has 7 aromatic carbocycles. The van der Waals surface area contributed by atoms with Crippen LogP contribution >= 0.6 is 0 Å². The van der Waals surface area contributed by atoms with E-state index in [0.717, 1.165) is 52.7 Å². The fourth-order valence-corrected chi connectivity index (χ4v) is 8.29.